The number of anilines is 2. The van der Waals surface area contributed by atoms with Crippen molar-refractivity contribution in [3.8, 4) is 0 Å². The predicted molar refractivity (Wildman–Crippen MR) is 105 cm³/mol. The lowest BCUT2D eigenvalue weighted by molar-refractivity contribution is 0.148. The molecule has 2 N–H and O–H groups in total. The molecular weight excluding hydrogens is 326 g/mol. The van der Waals surface area contributed by atoms with Crippen molar-refractivity contribution in [3.63, 3.8) is 0 Å². The van der Waals surface area contributed by atoms with Crippen molar-refractivity contribution in [2.45, 2.75) is 6.54 Å². The summed E-state index contributed by atoms with van der Waals surface area (Å²) in [5.74, 6) is 0.459. The van der Waals surface area contributed by atoms with Crippen LogP contribution in [0.2, 0.25) is 0 Å². The number of rotatable bonds is 4. The summed E-state index contributed by atoms with van der Waals surface area (Å²) in [5, 5.41) is 3.78. The van der Waals surface area contributed by atoms with Crippen molar-refractivity contribution >= 4 is 22.5 Å². The zero-order valence-electron chi connectivity index (χ0n) is 14.9. The average Bonchev–Trinajstić information content (AvgIpc) is 2.65. The van der Waals surface area contributed by atoms with Crippen molar-refractivity contribution in [1.82, 2.24) is 19.8 Å². The van der Waals surface area contributed by atoms with Crippen LogP contribution in [-0.2, 0) is 6.54 Å². The summed E-state index contributed by atoms with van der Waals surface area (Å²) in [5.41, 5.74) is 2.75. The molecule has 0 radical (unpaired) electrons. The Kier molecular flexibility index (Phi) is 4.69. The molecule has 2 heterocycles. The number of nitrogens with one attached hydrogen (secondary N) is 2. The van der Waals surface area contributed by atoms with Gasteiger partial charge in [-0.3, -0.25) is 14.7 Å². The van der Waals surface area contributed by atoms with E-state index in [1.165, 1.54) is 5.56 Å². The van der Waals surface area contributed by atoms with Crippen LogP contribution in [0, 0.1) is 0 Å². The van der Waals surface area contributed by atoms with E-state index in [-0.39, 0.29) is 5.56 Å². The fourth-order valence-electron chi connectivity index (χ4n) is 3.24. The fourth-order valence-corrected chi connectivity index (χ4v) is 3.24. The van der Waals surface area contributed by atoms with Crippen LogP contribution in [-0.4, -0.2) is 53.0 Å². The van der Waals surface area contributed by atoms with Gasteiger partial charge in [0.05, 0.1) is 10.9 Å². The van der Waals surface area contributed by atoms with Crippen LogP contribution in [0.15, 0.2) is 53.3 Å². The van der Waals surface area contributed by atoms with E-state index in [1.807, 2.05) is 30.3 Å². The highest BCUT2D eigenvalue weighted by atomic mass is 16.1. The molecule has 0 spiro atoms. The van der Waals surface area contributed by atoms with Crippen molar-refractivity contribution in [2.24, 2.45) is 0 Å². The lowest BCUT2D eigenvalue weighted by atomic mass is 10.2. The van der Waals surface area contributed by atoms with Crippen molar-refractivity contribution < 1.29 is 0 Å². The third kappa shape index (κ3) is 3.76. The molecule has 26 heavy (non-hydrogen) atoms. The Morgan fingerprint density at radius 3 is 2.54 bits per heavy atom. The molecule has 0 bridgehead atoms. The molecule has 0 atom stereocenters. The van der Waals surface area contributed by atoms with E-state index in [4.69, 9.17) is 0 Å². The Labute approximate surface area is 152 Å². The molecule has 0 unspecified atom stereocenters. The summed E-state index contributed by atoms with van der Waals surface area (Å²) in [6.07, 6.45) is 0. The average molecular weight is 349 g/mol. The molecular formula is C20H23N5O. The lowest BCUT2D eigenvalue weighted by Crippen LogP contribution is -2.43. The number of aromatic amines is 1. The molecule has 1 aromatic heterocycles. The number of hydrogen-bond acceptors (Lipinski definition) is 5. The first kappa shape index (κ1) is 16.8. The minimum absolute atomic E-state index is 0.134. The second-order valence-electron chi connectivity index (χ2n) is 6.83. The summed E-state index contributed by atoms with van der Waals surface area (Å²) < 4.78 is 0. The Hall–Kier alpha value is -2.70. The maximum Gasteiger partial charge on any atom is 0.260 e. The Morgan fingerprint density at radius 2 is 1.77 bits per heavy atom. The molecule has 6 heteroatoms. The molecule has 1 fully saturated rings. The van der Waals surface area contributed by atoms with Gasteiger partial charge in [-0.15, -0.1) is 0 Å². The van der Waals surface area contributed by atoms with E-state index in [2.05, 4.69) is 44.3 Å². The number of H-pyrrole nitrogens is 1. The fraction of sp³-hybridized carbons (Fsp3) is 0.300. The van der Waals surface area contributed by atoms with Gasteiger partial charge in [0.2, 0.25) is 5.95 Å². The molecule has 1 saturated heterocycles. The lowest BCUT2D eigenvalue weighted by Gasteiger charge is -2.32. The maximum atomic E-state index is 12.1. The largest absolute Gasteiger partial charge is 0.326 e. The number of aromatic nitrogens is 2. The van der Waals surface area contributed by atoms with Gasteiger partial charge in [-0.1, -0.05) is 24.3 Å². The van der Waals surface area contributed by atoms with Gasteiger partial charge in [-0.05, 0) is 36.9 Å². The normalized spacial score (nSPS) is 16.0. The number of piperazine rings is 1. The van der Waals surface area contributed by atoms with Gasteiger partial charge in [-0.2, -0.15) is 0 Å². The first-order valence-electron chi connectivity index (χ1n) is 8.93. The molecule has 2 aromatic carbocycles. The van der Waals surface area contributed by atoms with Crippen molar-refractivity contribution in [1.29, 1.82) is 0 Å². The molecule has 1 aliphatic rings. The molecule has 0 saturated carbocycles. The standard InChI is InChI=1S/C20H23N5O/c1-24-10-12-25(13-11-24)14-15-6-8-16(9-7-15)21-20-22-18-5-3-2-4-17(18)19(26)23-20/h2-9H,10-14H2,1H3,(H2,21,22,23,26). The number of para-hydroxylation sites is 1. The first-order valence-corrected chi connectivity index (χ1v) is 8.93. The van der Waals surface area contributed by atoms with Gasteiger partial charge in [-0.25, -0.2) is 4.98 Å². The van der Waals surface area contributed by atoms with E-state index in [0.717, 1.165) is 38.4 Å². The van der Waals surface area contributed by atoms with Crippen LogP contribution >= 0.6 is 0 Å². The van der Waals surface area contributed by atoms with E-state index < -0.39 is 0 Å². The van der Waals surface area contributed by atoms with Crippen LogP contribution in [0.5, 0.6) is 0 Å². The van der Waals surface area contributed by atoms with Crippen LogP contribution in [0.4, 0.5) is 11.6 Å². The number of likely N-dealkylation sites (N-methyl/N-ethyl adjacent to an activating group) is 1. The second kappa shape index (κ2) is 7.27. The summed E-state index contributed by atoms with van der Waals surface area (Å²) in [6.45, 7) is 5.44. The van der Waals surface area contributed by atoms with Gasteiger partial charge < -0.3 is 10.2 Å². The van der Waals surface area contributed by atoms with Crippen LogP contribution < -0.4 is 10.9 Å². The van der Waals surface area contributed by atoms with Crippen molar-refractivity contribution in [3.05, 3.63) is 64.4 Å². The smallest absolute Gasteiger partial charge is 0.260 e. The van der Waals surface area contributed by atoms with Gasteiger partial charge in [0.25, 0.3) is 5.56 Å². The zero-order chi connectivity index (χ0) is 17.9. The highest BCUT2D eigenvalue weighted by molar-refractivity contribution is 5.78. The molecule has 6 nitrogen and oxygen atoms in total. The minimum Gasteiger partial charge on any atom is -0.326 e. The van der Waals surface area contributed by atoms with Gasteiger partial charge in [0.1, 0.15) is 0 Å². The number of hydrogen-bond donors (Lipinski definition) is 2. The van der Waals surface area contributed by atoms with Crippen LogP contribution in [0.3, 0.4) is 0 Å². The Bertz CT molecular complexity index is 942. The second-order valence-corrected chi connectivity index (χ2v) is 6.83. The van der Waals surface area contributed by atoms with E-state index >= 15 is 0 Å². The van der Waals surface area contributed by atoms with E-state index in [1.54, 1.807) is 6.07 Å². The van der Waals surface area contributed by atoms with Gasteiger partial charge in [0, 0.05) is 38.4 Å². The number of benzene rings is 2. The molecule has 134 valence electrons. The van der Waals surface area contributed by atoms with Crippen LogP contribution in [0.1, 0.15) is 5.56 Å². The molecule has 0 aliphatic carbocycles. The van der Waals surface area contributed by atoms with E-state index in [0.29, 0.717) is 16.9 Å². The number of fused-ring (bicyclic) bond motifs is 1. The summed E-state index contributed by atoms with van der Waals surface area (Å²) in [6, 6.07) is 15.6. The number of nitrogens with zero attached hydrogens (tertiary/aromatic N) is 3. The first-order chi connectivity index (χ1) is 12.7. The quantitative estimate of drug-likeness (QED) is 0.757. The predicted octanol–water partition coefficient (Wildman–Crippen LogP) is 2.41. The molecule has 3 aromatic rings. The highest BCUT2D eigenvalue weighted by Gasteiger charge is 2.13. The summed E-state index contributed by atoms with van der Waals surface area (Å²) in [4.78, 5) is 24.3. The van der Waals surface area contributed by atoms with E-state index in [9.17, 15) is 4.79 Å². The Balaban J connectivity index is 1.45. The SMILES string of the molecule is CN1CCN(Cc2ccc(Nc3nc4ccccc4c(=O)[nH]3)cc2)CC1. The maximum absolute atomic E-state index is 12.1. The zero-order valence-corrected chi connectivity index (χ0v) is 14.9. The van der Waals surface area contributed by atoms with Crippen molar-refractivity contribution in [2.75, 3.05) is 38.5 Å². The summed E-state index contributed by atoms with van der Waals surface area (Å²) in [7, 11) is 2.17. The minimum atomic E-state index is -0.134. The topological polar surface area (TPSA) is 64.3 Å². The monoisotopic (exact) mass is 349 g/mol. The highest BCUT2D eigenvalue weighted by Crippen LogP contribution is 2.16. The Morgan fingerprint density at radius 1 is 1.04 bits per heavy atom. The van der Waals surface area contributed by atoms with Gasteiger partial charge in [0.15, 0.2) is 0 Å². The molecule has 0 amide bonds. The third-order valence-electron chi connectivity index (χ3n) is 4.83. The third-order valence-corrected chi connectivity index (χ3v) is 4.83. The summed E-state index contributed by atoms with van der Waals surface area (Å²) >= 11 is 0. The van der Waals surface area contributed by atoms with Gasteiger partial charge >= 0.3 is 0 Å². The molecule has 1 aliphatic heterocycles. The van der Waals surface area contributed by atoms with Crippen LogP contribution in [0.25, 0.3) is 10.9 Å². The molecule has 4 rings (SSSR count).